The lowest BCUT2D eigenvalue weighted by molar-refractivity contribution is 0.226. The van der Waals surface area contributed by atoms with E-state index < -0.39 is 0 Å². The Balaban J connectivity index is 1.74. The average Bonchev–Trinajstić information content (AvgIpc) is 3.23. The zero-order chi connectivity index (χ0) is 13.9. The zero-order valence-corrected chi connectivity index (χ0v) is 12.9. The van der Waals surface area contributed by atoms with Gasteiger partial charge in [0.2, 0.25) is 0 Å². The van der Waals surface area contributed by atoms with Crippen LogP contribution in [0.25, 0.3) is 0 Å². The topological polar surface area (TPSA) is 24.5 Å². The van der Waals surface area contributed by atoms with Crippen LogP contribution in [0.4, 0.5) is 0 Å². The van der Waals surface area contributed by atoms with Gasteiger partial charge in [0.15, 0.2) is 0 Å². The number of piperazine rings is 1. The van der Waals surface area contributed by atoms with Gasteiger partial charge < -0.3 is 10.1 Å². The normalized spacial score (nSPS) is 20.1. The maximum atomic E-state index is 6.40. The van der Waals surface area contributed by atoms with Crippen LogP contribution in [0.1, 0.15) is 24.0 Å². The van der Waals surface area contributed by atoms with E-state index in [0.717, 1.165) is 56.0 Å². The Kier molecular flexibility index (Phi) is 4.49. The highest BCUT2D eigenvalue weighted by Gasteiger charge is 2.23. The van der Waals surface area contributed by atoms with E-state index in [2.05, 4.69) is 23.2 Å². The molecule has 1 heterocycles. The number of nitrogens with zero attached hydrogens (tertiary/aromatic N) is 1. The van der Waals surface area contributed by atoms with Gasteiger partial charge in [-0.25, -0.2) is 0 Å². The van der Waals surface area contributed by atoms with Gasteiger partial charge in [-0.1, -0.05) is 17.7 Å². The van der Waals surface area contributed by atoms with Gasteiger partial charge in [-0.15, -0.1) is 0 Å². The third-order valence-corrected chi connectivity index (χ3v) is 4.31. The summed E-state index contributed by atoms with van der Waals surface area (Å²) in [6, 6.07) is 4.22. The second-order valence-corrected chi connectivity index (χ2v) is 6.42. The molecular weight excluding hydrogens is 272 g/mol. The van der Waals surface area contributed by atoms with Crippen molar-refractivity contribution in [3.8, 4) is 5.75 Å². The van der Waals surface area contributed by atoms with Crippen LogP contribution >= 0.6 is 11.6 Å². The molecule has 4 heteroatoms. The van der Waals surface area contributed by atoms with Crippen molar-refractivity contribution in [1.82, 2.24) is 10.2 Å². The summed E-state index contributed by atoms with van der Waals surface area (Å²) in [5.41, 5.74) is 2.44. The van der Waals surface area contributed by atoms with Gasteiger partial charge in [-0.2, -0.15) is 0 Å². The molecule has 1 aromatic carbocycles. The number of nitrogens with one attached hydrogen (secondary N) is 1. The molecule has 0 spiro atoms. The molecule has 0 unspecified atom stereocenters. The van der Waals surface area contributed by atoms with Gasteiger partial charge in [-0.3, -0.25) is 4.90 Å². The minimum Gasteiger partial charge on any atom is -0.491 e. The maximum Gasteiger partial charge on any atom is 0.142 e. The highest BCUT2D eigenvalue weighted by atomic mass is 35.5. The molecule has 20 heavy (non-hydrogen) atoms. The van der Waals surface area contributed by atoms with Crippen LogP contribution in [-0.4, -0.2) is 37.7 Å². The number of halogens is 1. The smallest absolute Gasteiger partial charge is 0.142 e. The Hall–Kier alpha value is -0.770. The molecule has 1 saturated heterocycles. The lowest BCUT2D eigenvalue weighted by Crippen LogP contribution is -2.42. The van der Waals surface area contributed by atoms with Crippen molar-refractivity contribution >= 4 is 11.6 Å². The van der Waals surface area contributed by atoms with E-state index in [1.807, 2.05) is 6.07 Å². The number of hydrogen-bond donors (Lipinski definition) is 1. The Labute approximate surface area is 126 Å². The molecule has 2 fully saturated rings. The van der Waals surface area contributed by atoms with Crippen LogP contribution in [0.15, 0.2) is 12.1 Å². The number of hydrogen-bond acceptors (Lipinski definition) is 3. The molecule has 1 saturated carbocycles. The van der Waals surface area contributed by atoms with E-state index in [-0.39, 0.29) is 0 Å². The molecule has 1 N–H and O–H groups in total. The number of ether oxygens (including phenoxy) is 1. The fourth-order valence-corrected chi connectivity index (χ4v) is 3.02. The minimum absolute atomic E-state index is 0.749. The fraction of sp³-hybridized carbons (Fsp3) is 0.625. The van der Waals surface area contributed by atoms with Crippen LogP contribution < -0.4 is 10.1 Å². The van der Waals surface area contributed by atoms with Crippen LogP contribution in [0.5, 0.6) is 5.75 Å². The predicted molar refractivity (Wildman–Crippen MR) is 82.6 cm³/mol. The first-order valence-electron chi connectivity index (χ1n) is 7.57. The van der Waals surface area contributed by atoms with Gasteiger partial charge >= 0.3 is 0 Å². The molecule has 3 nitrogen and oxygen atoms in total. The first-order valence-corrected chi connectivity index (χ1v) is 7.95. The Morgan fingerprint density at radius 2 is 2.05 bits per heavy atom. The van der Waals surface area contributed by atoms with Gasteiger partial charge in [0.05, 0.1) is 11.6 Å². The summed E-state index contributed by atoms with van der Waals surface area (Å²) in [7, 11) is 0. The highest BCUT2D eigenvalue weighted by molar-refractivity contribution is 6.32. The van der Waals surface area contributed by atoms with E-state index in [4.69, 9.17) is 16.3 Å². The third kappa shape index (κ3) is 3.66. The average molecular weight is 295 g/mol. The molecular formula is C16H23ClN2O. The second kappa shape index (κ2) is 6.33. The van der Waals surface area contributed by atoms with Crippen molar-refractivity contribution in [1.29, 1.82) is 0 Å². The number of benzene rings is 1. The van der Waals surface area contributed by atoms with E-state index in [1.54, 1.807) is 0 Å². The molecule has 0 bridgehead atoms. The molecule has 0 radical (unpaired) electrons. The Morgan fingerprint density at radius 3 is 2.75 bits per heavy atom. The van der Waals surface area contributed by atoms with Gasteiger partial charge in [0, 0.05) is 38.3 Å². The minimum atomic E-state index is 0.749. The summed E-state index contributed by atoms with van der Waals surface area (Å²) >= 11 is 6.40. The Morgan fingerprint density at radius 1 is 1.30 bits per heavy atom. The maximum absolute atomic E-state index is 6.40. The molecule has 1 aliphatic heterocycles. The quantitative estimate of drug-likeness (QED) is 0.904. The zero-order valence-electron chi connectivity index (χ0n) is 12.1. The number of aryl methyl sites for hydroxylation is 1. The second-order valence-electron chi connectivity index (χ2n) is 6.02. The molecule has 1 aromatic rings. The fourth-order valence-electron chi connectivity index (χ4n) is 2.68. The summed E-state index contributed by atoms with van der Waals surface area (Å²) in [4.78, 5) is 2.46. The molecule has 0 amide bonds. The molecule has 110 valence electrons. The summed E-state index contributed by atoms with van der Waals surface area (Å²) in [5.74, 6) is 1.65. The van der Waals surface area contributed by atoms with Crippen molar-refractivity contribution in [2.24, 2.45) is 5.92 Å². The van der Waals surface area contributed by atoms with Crippen molar-refractivity contribution in [3.05, 3.63) is 28.3 Å². The summed E-state index contributed by atoms with van der Waals surface area (Å²) in [5, 5.41) is 4.15. The van der Waals surface area contributed by atoms with Crippen LogP contribution in [-0.2, 0) is 6.54 Å². The summed E-state index contributed by atoms with van der Waals surface area (Å²) in [6.45, 7) is 8.16. The van der Waals surface area contributed by atoms with Crippen molar-refractivity contribution in [2.75, 3.05) is 32.8 Å². The van der Waals surface area contributed by atoms with E-state index in [9.17, 15) is 0 Å². The lowest BCUT2D eigenvalue weighted by Gasteiger charge is -2.28. The van der Waals surface area contributed by atoms with Gasteiger partial charge in [0.1, 0.15) is 5.75 Å². The van der Waals surface area contributed by atoms with Crippen LogP contribution in [0, 0.1) is 12.8 Å². The van der Waals surface area contributed by atoms with E-state index in [0.29, 0.717) is 0 Å². The third-order valence-electron chi connectivity index (χ3n) is 4.03. The summed E-state index contributed by atoms with van der Waals surface area (Å²) in [6.07, 6.45) is 2.60. The first kappa shape index (κ1) is 14.2. The SMILES string of the molecule is Cc1cc(Cl)c(OCC2CC2)c(CN2CCNCC2)c1. The molecule has 0 atom stereocenters. The van der Waals surface area contributed by atoms with Crippen molar-refractivity contribution in [3.63, 3.8) is 0 Å². The van der Waals surface area contributed by atoms with Crippen LogP contribution in [0.3, 0.4) is 0 Å². The monoisotopic (exact) mass is 294 g/mol. The van der Waals surface area contributed by atoms with Crippen molar-refractivity contribution < 1.29 is 4.74 Å². The predicted octanol–water partition coefficient (Wildman–Crippen LogP) is 2.84. The first-order chi connectivity index (χ1) is 9.72. The molecule has 1 aliphatic carbocycles. The van der Waals surface area contributed by atoms with Gasteiger partial charge in [0.25, 0.3) is 0 Å². The van der Waals surface area contributed by atoms with E-state index >= 15 is 0 Å². The van der Waals surface area contributed by atoms with Gasteiger partial charge in [-0.05, 0) is 37.3 Å². The highest BCUT2D eigenvalue weighted by Crippen LogP contribution is 2.35. The Bertz CT molecular complexity index is 468. The molecule has 2 aliphatic rings. The molecule has 3 rings (SSSR count). The van der Waals surface area contributed by atoms with E-state index in [1.165, 1.54) is 24.0 Å². The summed E-state index contributed by atoms with van der Waals surface area (Å²) < 4.78 is 6.01. The number of rotatable bonds is 5. The lowest BCUT2D eigenvalue weighted by atomic mass is 10.1. The standard InChI is InChI=1S/C16H23ClN2O/c1-12-8-14(10-19-6-4-18-5-7-19)16(15(17)9-12)20-11-13-2-3-13/h8-9,13,18H,2-7,10-11H2,1H3. The van der Waals surface area contributed by atoms with Crippen LogP contribution in [0.2, 0.25) is 5.02 Å². The largest absolute Gasteiger partial charge is 0.491 e. The van der Waals surface area contributed by atoms with Crippen molar-refractivity contribution in [2.45, 2.75) is 26.3 Å². The molecule has 0 aromatic heterocycles.